The van der Waals surface area contributed by atoms with Crippen molar-refractivity contribution in [1.82, 2.24) is 5.32 Å². The zero-order chi connectivity index (χ0) is 14.4. The molecule has 3 N–H and O–H groups in total. The summed E-state index contributed by atoms with van der Waals surface area (Å²) in [6, 6.07) is 0. The Morgan fingerprint density at radius 2 is 2.10 bits per heavy atom. The summed E-state index contributed by atoms with van der Waals surface area (Å²) in [7, 11) is 0. The lowest BCUT2D eigenvalue weighted by atomic mass is 9.48. The van der Waals surface area contributed by atoms with Crippen molar-refractivity contribution in [3.63, 3.8) is 0 Å². The highest BCUT2D eigenvalue weighted by molar-refractivity contribution is 5.89. The fourth-order valence-corrected chi connectivity index (χ4v) is 3.85. The van der Waals surface area contributed by atoms with Crippen molar-refractivity contribution >= 4 is 5.91 Å². The summed E-state index contributed by atoms with van der Waals surface area (Å²) in [6.07, 6.45) is 0.892. The molecule has 20 heavy (non-hydrogen) atoms. The number of rotatable bonds is 3. The summed E-state index contributed by atoms with van der Waals surface area (Å²) < 4.78 is 16.6. The van der Waals surface area contributed by atoms with Gasteiger partial charge in [0.2, 0.25) is 5.91 Å². The van der Waals surface area contributed by atoms with Crippen molar-refractivity contribution in [2.75, 3.05) is 33.0 Å². The summed E-state index contributed by atoms with van der Waals surface area (Å²) >= 11 is 0. The van der Waals surface area contributed by atoms with E-state index in [4.69, 9.17) is 19.9 Å². The molecule has 0 aromatic carbocycles. The smallest absolute Gasteiger partial charge is 0.241 e. The zero-order valence-corrected chi connectivity index (χ0v) is 12.2. The molecule has 6 nitrogen and oxygen atoms in total. The number of ether oxygens (including phenoxy) is 3. The van der Waals surface area contributed by atoms with Gasteiger partial charge in [0.1, 0.15) is 5.54 Å². The highest BCUT2D eigenvalue weighted by atomic mass is 16.6. The monoisotopic (exact) mass is 284 g/mol. The zero-order valence-electron chi connectivity index (χ0n) is 12.2. The molecule has 0 aromatic rings. The summed E-state index contributed by atoms with van der Waals surface area (Å²) in [5.41, 5.74) is 5.29. The molecule has 0 spiro atoms. The largest absolute Gasteiger partial charge is 0.377 e. The van der Waals surface area contributed by atoms with Crippen molar-refractivity contribution in [1.29, 1.82) is 0 Å². The van der Waals surface area contributed by atoms with E-state index in [9.17, 15) is 4.79 Å². The topological polar surface area (TPSA) is 82.8 Å². The van der Waals surface area contributed by atoms with Crippen molar-refractivity contribution in [3.8, 4) is 0 Å². The maximum Gasteiger partial charge on any atom is 0.241 e. The predicted molar refractivity (Wildman–Crippen MR) is 72.1 cm³/mol. The standard InChI is InChI=1S/C14H24N2O4/c1-13(2)11-10(3-4-20-11)14(13,15)12(17)16-7-9-8-18-5-6-19-9/h9-11H,3-8,15H2,1-2H3,(H,16,17). The summed E-state index contributed by atoms with van der Waals surface area (Å²) in [6.45, 7) is 6.91. The quantitative estimate of drug-likeness (QED) is 0.741. The minimum atomic E-state index is -0.844. The molecule has 3 rings (SSSR count). The second-order valence-corrected chi connectivity index (χ2v) is 6.56. The second kappa shape index (κ2) is 4.94. The molecule has 4 unspecified atom stereocenters. The van der Waals surface area contributed by atoms with Gasteiger partial charge in [0.15, 0.2) is 0 Å². The molecule has 1 amide bonds. The van der Waals surface area contributed by atoms with Crippen LogP contribution in [-0.2, 0) is 19.0 Å². The molecule has 0 radical (unpaired) electrons. The first kappa shape index (κ1) is 14.3. The van der Waals surface area contributed by atoms with Crippen LogP contribution < -0.4 is 11.1 Å². The maximum atomic E-state index is 12.6. The van der Waals surface area contributed by atoms with Gasteiger partial charge >= 0.3 is 0 Å². The first-order chi connectivity index (χ1) is 9.48. The molecule has 2 heterocycles. The number of nitrogens with two attached hydrogens (primary N) is 1. The normalized spacial score (nSPS) is 42.6. The molecule has 1 saturated carbocycles. The molecule has 3 fully saturated rings. The van der Waals surface area contributed by atoms with E-state index in [2.05, 4.69) is 5.32 Å². The number of hydrogen-bond donors (Lipinski definition) is 2. The minimum absolute atomic E-state index is 0.0740. The van der Waals surface area contributed by atoms with Crippen molar-refractivity contribution < 1.29 is 19.0 Å². The van der Waals surface area contributed by atoms with Crippen LogP contribution in [0.25, 0.3) is 0 Å². The van der Waals surface area contributed by atoms with E-state index in [1.54, 1.807) is 0 Å². The van der Waals surface area contributed by atoms with Crippen LogP contribution in [0.4, 0.5) is 0 Å². The minimum Gasteiger partial charge on any atom is -0.377 e. The Hall–Kier alpha value is -0.690. The van der Waals surface area contributed by atoms with Gasteiger partial charge < -0.3 is 25.3 Å². The van der Waals surface area contributed by atoms with Gasteiger partial charge in [0.05, 0.1) is 32.0 Å². The number of fused-ring (bicyclic) bond motifs is 1. The SMILES string of the molecule is CC1(C)C2OCCC2C1(N)C(=O)NCC1COCCO1. The molecule has 3 aliphatic rings. The van der Waals surface area contributed by atoms with Gasteiger partial charge in [0, 0.05) is 24.5 Å². The van der Waals surface area contributed by atoms with Crippen LogP contribution in [0.15, 0.2) is 0 Å². The lowest BCUT2D eigenvalue weighted by Gasteiger charge is -2.60. The number of amides is 1. The maximum absolute atomic E-state index is 12.6. The van der Waals surface area contributed by atoms with Crippen molar-refractivity contribution in [2.24, 2.45) is 17.1 Å². The van der Waals surface area contributed by atoms with Gasteiger partial charge in [-0.2, -0.15) is 0 Å². The van der Waals surface area contributed by atoms with E-state index in [-0.39, 0.29) is 29.4 Å². The summed E-state index contributed by atoms with van der Waals surface area (Å²) in [4.78, 5) is 12.6. The molecule has 0 bridgehead atoms. The number of nitrogens with one attached hydrogen (secondary N) is 1. The second-order valence-electron chi connectivity index (χ2n) is 6.56. The number of carbonyl (C=O) groups excluding carboxylic acids is 1. The first-order valence-electron chi connectivity index (χ1n) is 7.36. The van der Waals surface area contributed by atoms with E-state index < -0.39 is 5.54 Å². The Labute approximate surface area is 119 Å². The van der Waals surface area contributed by atoms with Crippen LogP contribution in [-0.4, -0.2) is 56.6 Å². The van der Waals surface area contributed by atoms with Crippen LogP contribution in [0.1, 0.15) is 20.3 Å². The van der Waals surface area contributed by atoms with Crippen LogP contribution in [0.5, 0.6) is 0 Å². The average molecular weight is 284 g/mol. The van der Waals surface area contributed by atoms with Gasteiger partial charge in [-0.25, -0.2) is 0 Å². The third kappa shape index (κ3) is 1.89. The Balaban J connectivity index is 1.61. The molecule has 2 aliphatic heterocycles. The van der Waals surface area contributed by atoms with Gasteiger partial charge in [-0.3, -0.25) is 4.79 Å². The third-order valence-electron chi connectivity index (χ3n) is 5.21. The van der Waals surface area contributed by atoms with E-state index in [0.29, 0.717) is 33.0 Å². The highest BCUT2D eigenvalue weighted by Crippen LogP contribution is 2.58. The molecular formula is C14H24N2O4. The first-order valence-corrected chi connectivity index (χ1v) is 7.36. The van der Waals surface area contributed by atoms with E-state index in [1.165, 1.54) is 0 Å². The molecule has 2 saturated heterocycles. The fraction of sp³-hybridized carbons (Fsp3) is 0.929. The lowest BCUT2D eigenvalue weighted by molar-refractivity contribution is -0.176. The molecule has 0 aromatic heterocycles. The summed E-state index contributed by atoms with van der Waals surface area (Å²) in [5, 5.41) is 2.94. The summed E-state index contributed by atoms with van der Waals surface area (Å²) in [5.74, 6) is 0.0319. The Kier molecular flexibility index (Phi) is 3.52. The fourth-order valence-electron chi connectivity index (χ4n) is 3.85. The molecule has 6 heteroatoms. The third-order valence-corrected chi connectivity index (χ3v) is 5.21. The van der Waals surface area contributed by atoms with E-state index in [1.807, 2.05) is 13.8 Å². The van der Waals surface area contributed by atoms with Crippen LogP contribution in [0.3, 0.4) is 0 Å². The van der Waals surface area contributed by atoms with E-state index >= 15 is 0 Å². The van der Waals surface area contributed by atoms with Crippen LogP contribution in [0, 0.1) is 11.3 Å². The van der Waals surface area contributed by atoms with Crippen LogP contribution in [0.2, 0.25) is 0 Å². The van der Waals surface area contributed by atoms with E-state index in [0.717, 1.165) is 6.42 Å². The molecule has 1 aliphatic carbocycles. The molecule has 4 atom stereocenters. The Morgan fingerprint density at radius 1 is 1.30 bits per heavy atom. The predicted octanol–water partition coefficient (Wildman–Crippen LogP) is -0.340. The molecule has 114 valence electrons. The van der Waals surface area contributed by atoms with Gasteiger partial charge in [0.25, 0.3) is 0 Å². The average Bonchev–Trinajstić information content (AvgIpc) is 2.93. The Bertz CT molecular complexity index is 395. The van der Waals surface area contributed by atoms with Crippen LogP contribution >= 0.6 is 0 Å². The van der Waals surface area contributed by atoms with Gasteiger partial charge in [-0.1, -0.05) is 13.8 Å². The van der Waals surface area contributed by atoms with Crippen molar-refractivity contribution in [3.05, 3.63) is 0 Å². The lowest BCUT2D eigenvalue weighted by Crippen LogP contribution is -2.80. The van der Waals surface area contributed by atoms with Gasteiger partial charge in [-0.15, -0.1) is 0 Å². The van der Waals surface area contributed by atoms with Gasteiger partial charge in [-0.05, 0) is 6.42 Å². The molecular weight excluding hydrogens is 260 g/mol. The number of carbonyl (C=O) groups is 1. The number of hydrogen-bond acceptors (Lipinski definition) is 5. The Morgan fingerprint density at radius 3 is 2.80 bits per heavy atom. The van der Waals surface area contributed by atoms with Crippen molar-refractivity contribution in [2.45, 2.75) is 38.0 Å². The highest BCUT2D eigenvalue weighted by Gasteiger charge is 2.71.